The molecule has 154 valence electrons. The number of nitrogens with one attached hydrogen (secondary N) is 1. The van der Waals surface area contributed by atoms with Crippen molar-refractivity contribution in [3.05, 3.63) is 93.5 Å². The highest BCUT2D eigenvalue weighted by Crippen LogP contribution is 2.30. The highest BCUT2D eigenvalue weighted by Gasteiger charge is 2.37. The summed E-state index contributed by atoms with van der Waals surface area (Å²) in [4.78, 5) is 50.5. The van der Waals surface area contributed by atoms with Gasteiger partial charge in [-0.2, -0.15) is 0 Å². The van der Waals surface area contributed by atoms with Crippen LogP contribution in [-0.2, 0) is 0 Å². The Labute approximate surface area is 181 Å². The summed E-state index contributed by atoms with van der Waals surface area (Å²) in [5.74, 6) is -2.86. The minimum atomic E-state index is -1.20. The molecular formula is C23H15ClN2O5. The number of carboxylic acid groups (broad SMARTS) is 1. The number of rotatable bonds is 4. The topological polar surface area (TPSA) is 104 Å². The quantitative estimate of drug-likeness (QED) is 0.592. The van der Waals surface area contributed by atoms with Crippen molar-refractivity contribution in [1.29, 1.82) is 0 Å². The van der Waals surface area contributed by atoms with Gasteiger partial charge >= 0.3 is 5.97 Å². The fourth-order valence-corrected chi connectivity index (χ4v) is 3.51. The molecule has 0 aliphatic carbocycles. The molecule has 31 heavy (non-hydrogen) atoms. The molecule has 0 radical (unpaired) electrons. The Kier molecular flexibility index (Phi) is 5.04. The zero-order valence-electron chi connectivity index (χ0n) is 16.2. The van der Waals surface area contributed by atoms with Crippen LogP contribution < -0.4 is 10.2 Å². The van der Waals surface area contributed by atoms with Crippen LogP contribution in [0.1, 0.15) is 47.0 Å². The van der Waals surface area contributed by atoms with Crippen LogP contribution in [0.2, 0.25) is 5.02 Å². The highest BCUT2D eigenvalue weighted by atomic mass is 35.5. The molecule has 1 aliphatic heterocycles. The van der Waals surface area contributed by atoms with Gasteiger partial charge in [0.15, 0.2) is 0 Å². The SMILES string of the molecule is Cc1c(Cl)cccc1NC(=O)c1cccc(N2C(=O)c3ccc(C(=O)O)cc3C2=O)c1. The zero-order chi connectivity index (χ0) is 22.3. The first-order valence-electron chi connectivity index (χ1n) is 9.20. The number of imide groups is 1. The van der Waals surface area contributed by atoms with Crippen molar-refractivity contribution in [2.45, 2.75) is 6.92 Å². The standard InChI is InChI=1S/C23H15ClN2O5/c1-12-18(24)6-3-7-19(12)25-20(27)13-4-2-5-15(10-13)26-21(28)16-9-8-14(23(30)31)11-17(16)22(26)29/h2-11H,1H3,(H,25,27)(H,30,31). The Balaban J connectivity index is 1.64. The number of carbonyl (C=O) groups is 4. The molecule has 2 N–H and O–H groups in total. The van der Waals surface area contributed by atoms with E-state index in [0.29, 0.717) is 16.3 Å². The van der Waals surface area contributed by atoms with E-state index >= 15 is 0 Å². The average Bonchev–Trinajstić information content (AvgIpc) is 3.01. The largest absolute Gasteiger partial charge is 0.478 e. The van der Waals surface area contributed by atoms with Crippen molar-refractivity contribution in [3.63, 3.8) is 0 Å². The highest BCUT2D eigenvalue weighted by molar-refractivity contribution is 6.35. The van der Waals surface area contributed by atoms with Gasteiger partial charge in [-0.05, 0) is 61.0 Å². The van der Waals surface area contributed by atoms with Gasteiger partial charge in [0, 0.05) is 16.3 Å². The summed E-state index contributed by atoms with van der Waals surface area (Å²) in [6.07, 6.45) is 0. The molecule has 8 heteroatoms. The molecule has 0 fully saturated rings. The van der Waals surface area contributed by atoms with Crippen molar-refractivity contribution in [1.82, 2.24) is 0 Å². The molecule has 0 unspecified atom stereocenters. The lowest BCUT2D eigenvalue weighted by molar-refractivity contribution is 0.0696. The molecule has 0 spiro atoms. The molecule has 4 rings (SSSR count). The van der Waals surface area contributed by atoms with Crippen molar-refractivity contribution in [2.24, 2.45) is 0 Å². The summed E-state index contributed by atoms with van der Waals surface area (Å²) in [5.41, 5.74) is 1.73. The van der Waals surface area contributed by atoms with Gasteiger partial charge in [-0.25, -0.2) is 9.69 Å². The number of hydrogen-bond acceptors (Lipinski definition) is 4. The molecule has 3 aromatic rings. The lowest BCUT2D eigenvalue weighted by Gasteiger charge is -2.15. The number of carboxylic acids is 1. The lowest BCUT2D eigenvalue weighted by atomic mass is 10.1. The second-order valence-electron chi connectivity index (χ2n) is 6.93. The third-order valence-electron chi connectivity index (χ3n) is 5.02. The molecule has 0 bridgehead atoms. The van der Waals surface area contributed by atoms with Crippen LogP contribution in [0.5, 0.6) is 0 Å². The van der Waals surface area contributed by atoms with Crippen LogP contribution in [-0.4, -0.2) is 28.8 Å². The molecule has 0 aromatic heterocycles. The van der Waals surface area contributed by atoms with Gasteiger partial charge in [-0.1, -0.05) is 23.7 Å². The third kappa shape index (κ3) is 3.55. The maximum absolute atomic E-state index is 12.8. The summed E-state index contributed by atoms with van der Waals surface area (Å²) in [5, 5.41) is 12.4. The number of fused-ring (bicyclic) bond motifs is 1. The molecule has 7 nitrogen and oxygen atoms in total. The number of anilines is 2. The Hall–Kier alpha value is -3.97. The Morgan fingerprint density at radius 3 is 2.35 bits per heavy atom. The van der Waals surface area contributed by atoms with Gasteiger partial charge in [0.05, 0.1) is 22.4 Å². The second kappa shape index (κ2) is 7.70. The molecule has 0 saturated carbocycles. The van der Waals surface area contributed by atoms with E-state index < -0.39 is 23.7 Å². The number of hydrogen-bond donors (Lipinski definition) is 2. The molecule has 1 aliphatic rings. The fourth-order valence-electron chi connectivity index (χ4n) is 3.33. The average molecular weight is 435 g/mol. The van der Waals surface area contributed by atoms with Crippen LogP contribution in [0.15, 0.2) is 60.7 Å². The number of aromatic carboxylic acids is 1. The molecule has 3 aromatic carbocycles. The molecule has 0 atom stereocenters. The van der Waals surface area contributed by atoms with Crippen LogP contribution in [0.25, 0.3) is 0 Å². The maximum atomic E-state index is 12.8. The van der Waals surface area contributed by atoms with Crippen LogP contribution in [0, 0.1) is 6.92 Å². The summed E-state index contributed by atoms with van der Waals surface area (Å²) < 4.78 is 0. The monoisotopic (exact) mass is 434 g/mol. The minimum absolute atomic E-state index is 0.00862. The maximum Gasteiger partial charge on any atom is 0.335 e. The Morgan fingerprint density at radius 2 is 1.61 bits per heavy atom. The first-order chi connectivity index (χ1) is 14.8. The van der Waals surface area contributed by atoms with Gasteiger partial charge in [-0.3, -0.25) is 14.4 Å². The predicted octanol–water partition coefficient (Wildman–Crippen LogP) is 4.40. The van der Waals surface area contributed by atoms with Gasteiger partial charge in [0.25, 0.3) is 17.7 Å². The van der Waals surface area contributed by atoms with Crippen molar-refractivity contribution in [2.75, 3.05) is 10.2 Å². The van der Waals surface area contributed by atoms with E-state index in [4.69, 9.17) is 16.7 Å². The fraction of sp³-hybridized carbons (Fsp3) is 0.0435. The smallest absolute Gasteiger partial charge is 0.335 e. The predicted molar refractivity (Wildman–Crippen MR) is 115 cm³/mol. The molecule has 3 amide bonds. The Bertz CT molecular complexity index is 1280. The van der Waals surface area contributed by atoms with E-state index in [1.807, 2.05) is 0 Å². The zero-order valence-corrected chi connectivity index (χ0v) is 16.9. The van der Waals surface area contributed by atoms with Gasteiger partial charge in [-0.15, -0.1) is 0 Å². The van der Waals surface area contributed by atoms with Crippen molar-refractivity contribution in [3.8, 4) is 0 Å². The first-order valence-corrected chi connectivity index (χ1v) is 9.58. The van der Waals surface area contributed by atoms with E-state index in [-0.39, 0.29) is 27.9 Å². The van der Waals surface area contributed by atoms with E-state index in [2.05, 4.69) is 5.32 Å². The summed E-state index contributed by atoms with van der Waals surface area (Å²) in [6.45, 7) is 1.78. The summed E-state index contributed by atoms with van der Waals surface area (Å²) in [6, 6.07) is 15.0. The number of benzene rings is 3. The molecule has 0 saturated heterocycles. The number of amides is 3. The lowest BCUT2D eigenvalue weighted by Crippen LogP contribution is -2.29. The van der Waals surface area contributed by atoms with Gasteiger partial charge in [0.2, 0.25) is 0 Å². The van der Waals surface area contributed by atoms with E-state index in [1.165, 1.54) is 30.3 Å². The summed E-state index contributed by atoms with van der Waals surface area (Å²) >= 11 is 6.09. The van der Waals surface area contributed by atoms with Crippen molar-refractivity contribution >= 4 is 46.7 Å². The van der Waals surface area contributed by atoms with E-state index in [0.717, 1.165) is 4.90 Å². The van der Waals surface area contributed by atoms with Gasteiger partial charge in [0.1, 0.15) is 0 Å². The second-order valence-corrected chi connectivity index (χ2v) is 7.34. The van der Waals surface area contributed by atoms with Crippen LogP contribution in [0.3, 0.4) is 0 Å². The number of halogens is 1. The third-order valence-corrected chi connectivity index (χ3v) is 5.43. The number of carbonyl (C=O) groups excluding carboxylic acids is 3. The normalized spacial score (nSPS) is 12.6. The van der Waals surface area contributed by atoms with E-state index in [1.54, 1.807) is 37.3 Å². The van der Waals surface area contributed by atoms with Gasteiger partial charge < -0.3 is 10.4 Å². The minimum Gasteiger partial charge on any atom is -0.478 e. The summed E-state index contributed by atoms with van der Waals surface area (Å²) in [7, 11) is 0. The first kappa shape index (κ1) is 20.3. The van der Waals surface area contributed by atoms with Crippen molar-refractivity contribution < 1.29 is 24.3 Å². The number of nitrogens with zero attached hydrogens (tertiary/aromatic N) is 1. The Morgan fingerprint density at radius 1 is 0.903 bits per heavy atom. The van der Waals surface area contributed by atoms with E-state index in [9.17, 15) is 19.2 Å². The van der Waals surface area contributed by atoms with Crippen LogP contribution >= 0.6 is 11.6 Å². The van der Waals surface area contributed by atoms with Crippen LogP contribution in [0.4, 0.5) is 11.4 Å². The molecular weight excluding hydrogens is 420 g/mol. The molecule has 1 heterocycles.